The van der Waals surface area contributed by atoms with E-state index in [1.54, 1.807) is 24.4 Å². The van der Waals surface area contributed by atoms with Crippen molar-refractivity contribution in [1.82, 2.24) is 4.98 Å². The summed E-state index contributed by atoms with van der Waals surface area (Å²) in [6.45, 7) is 4.42. The molecule has 2 rings (SSSR count). The highest BCUT2D eigenvalue weighted by Gasteiger charge is 2.06. The van der Waals surface area contributed by atoms with Gasteiger partial charge in [-0.05, 0) is 37.6 Å². The quantitative estimate of drug-likeness (QED) is 0.863. The molecule has 0 unspecified atom stereocenters. The number of rotatable bonds is 6. The molecular formula is C17H19ClN2O2. The molecule has 0 spiro atoms. The number of nitrogens with two attached hydrogens (primary N) is 1. The van der Waals surface area contributed by atoms with Crippen molar-refractivity contribution in [3.8, 4) is 17.4 Å². The van der Waals surface area contributed by atoms with Gasteiger partial charge in [0.15, 0.2) is 0 Å². The summed E-state index contributed by atoms with van der Waals surface area (Å²) in [4.78, 5) is 4.25. The Hall–Kier alpha value is -2.04. The van der Waals surface area contributed by atoms with Crippen LogP contribution in [0.5, 0.6) is 17.4 Å². The summed E-state index contributed by atoms with van der Waals surface area (Å²) in [5.41, 5.74) is 6.63. The molecule has 1 aromatic heterocycles. The molecular weight excluding hydrogens is 300 g/mol. The lowest BCUT2D eigenvalue weighted by molar-refractivity contribution is 0.339. The van der Waals surface area contributed by atoms with E-state index in [2.05, 4.69) is 4.98 Å². The zero-order chi connectivity index (χ0) is 15.9. The smallest absolute Gasteiger partial charge is 0.219 e. The van der Waals surface area contributed by atoms with Crippen LogP contribution in [0.15, 0.2) is 42.6 Å². The van der Waals surface area contributed by atoms with Crippen molar-refractivity contribution >= 4 is 17.7 Å². The summed E-state index contributed by atoms with van der Waals surface area (Å²) in [5, 5.41) is 0.480. The molecule has 0 aliphatic carbocycles. The number of hydrogen-bond donors (Lipinski definition) is 1. The maximum absolute atomic E-state index is 6.17. The molecule has 0 saturated heterocycles. The highest BCUT2D eigenvalue weighted by atomic mass is 35.5. The number of aromatic nitrogens is 1. The minimum Gasteiger partial charge on any atom is -0.494 e. The molecule has 0 bridgehead atoms. The second-order valence-corrected chi connectivity index (χ2v) is 5.18. The molecule has 4 nitrogen and oxygen atoms in total. The van der Waals surface area contributed by atoms with Gasteiger partial charge in [-0.2, -0.15) is 0 Å². The molecule has 0 aliphatic rings. The van der Waals surface area contributed by atoms with Crippen molar-refractivity contribution < 1.29 is 9.47 Å². The maximum atomic E-state index is 6.17. The Morgan fingerprint density at radius 1 is 1.32 bits per heavy atom. The van der Waals surface area contributed by atoms with Crippen LogP contribution < -0.4 is 15.2 Å². The fraction of sp³-hybridized carbons (Fsp3) is 0.235. The van der Waals surface area contributed by atoms with Crippen molar-refractivity contribution in [3.63, 3.8) is 0 Å². The van der Waals surface area contributed by atoms with E-state index in [1.165, 1.54) is 0 Å². The number of ether oxygens (including phenoxy) is 2. The minimum atomic E-state index is 0.0126. The topological polar surface area (TPSA) is 57.4 Å². The molecule has 0 amide bonds. The summed E-state index contributed by atoms with van der Waals surface area (Å²) in [5.74, 6) is 1.73. The molecule has 1 atom stereocenters. The van der Waals surface area contributed by atoms with Gasteiger partial charge in [0.05, 0.1) is 11.6 Å². The lowest BCUT2D eigenvalue weighted by Gasteiger charge is -2.09. The number of pyridine rings is 1. The predicted molar refractivity (Wildman–Crippen MR) is 89.6 cm³/mol. The first-order valence-corrected chi connectivity index (χ1v) is 7.46. The van der Waals surface area contributed by atoms with Crippen molar-refractivity contribution in [1.29, 1.82) is 0 Å². The Bertz CT molecular complexity index is 640. The minimum absolute atomic E-state index is 0.0126. The third-order valence-electron chi connectivity index (χ3n) is 2.78. The van der Waals surface area contributed by atoms with Gasteiger partial charge in [0.1, 0.15) is 11.5 Å². The largest absolute Gasteiger partial charge is 0.494 e. The Kier molecular flexibility index (Phi) is 5.81. The average Bonchev–Trinajstić information content (AvgIpc) is 2.49. The van der Waals surface area contributed by atoms with Crippen molar-refractivity contribution in [2.75, 3.05) is 6.61 Å². The zero-order valence-electron chi connectivity index (χ0n) is 12.6. The zero-order valence-corrected chi connectivity index (χ0v) is 13.4. The molecule has 22 heavy (non-hydrogen) atoms. The van der Waals surface area contributed by atoms with E-state index in [4.69, 9.17) is 26.8 Å². The van der Waals surface area contributed by atoms with Crippen LogP contribution in [0.3, 0.4) is 0 Å². The molecule has 5 heteroatoms. The molecule has 2 N–H and O–H groups in total. The molecule has 1 heterocycles. The fourth-order valence-electron chi connectivity index (χ4n) is 1.75. The summed E-state index contributed by atoms with van der Waals surface area (Å²) in [6.07, 6.45) is 5.54. The molecule has 1 aromatic carbocycles. The van der Waals surface area contributed by atoms with Crippen molar-refractivity contribution in [2.45, 2.75) is 19.9 Å². The molecule has 2 aromatic rings. The average molecular weight is 319 g/mol. The first kappa shape index (κ1) is 16.3. The van der Waals surface area contributed by atoms with Crippen LogP contribution in [0.25, 0.3) is 6.08 Å². The molecule has 0 radical (unpaired) electrons. The SMILES string of the molecule is CCOc1ccc(Oc2ccc(/C=C/[C@H](C)N)cn2)c(Cl)c1. The molecule has 0 fully saturated rings. The lowest BCUT2D eigenvalue weighted by Crippen LogP contribution is -2.09. The van der Waals surface area contributed by atoms with E-state index in [9.17, 15) is 0 Å². The number of hydrogen-bond acceptors (Lipinski definition) is 4. The van der Waals surface area contributed by atoms with E-state index in [-0.39, 0.29) is 6.04 Å². The molecule has 0 saturated carbocycles. The Balaban J connectivity index is 2.07. The van der Waals surface area contributed by atoms with Crippen LogP contribution in [0.4, 0.5) is 0 Å². The van der Waals surface area contributed by atoms with Gasteiger partial charge in [-0.25, -0.2) is 4.98 Å². The molecule has 116 valence electrons. The van der Waals surface area contributed by atoms with Crippen molar-refractivity contribution in [2.24, 2.45) is 5.73 Å². The van der Waals surface area contributed by atoms with Crippen LogP contribution in [0.2, 0.25) is 5.02 Å². The van der Waals surface area contributed by atoms with Gasteiger partial charge in [0.2, 0.25) is 5.88 Å². The summed E-state index contributed by atoms with van der Waals surface area (Å²) in [7, 11) is 0. The van der Waals surface area contributed by atoms with E-state index in [1.807, 2.05) is 38.1 Å². The monoisotopic (exact) mass is 318 g/mol. The van der Waals surface area contributed by atoms with Crippen molar-refractivity contribution in [3.05, 3.63) is 53.2 Å². The number of halogens is 1. The van der Waals surface area contributed by atoms with Gasteiger partial charge in [0.25, 0.3) is 0 Å². The van der Waals surface area contributed by atoms with E-state index >= 15 is 0 Å². The van der Waals surface area contributed by atoms with Gasteiger partial charge in [-0.3, -0.25) is 0 Å². The number of nitrogens with zero attached hydrogens (tertiary/aromatic N) is 1. The maximum Gasteiger partial charge on any atom is 0.219 e. The standard InChI is InChI=1S/C17H19ClN2O2/c1-3-21-14-7-8-16(15(18)10-14)22-17-9-6-13(11-20-17)5-4-12(2)19/h4-12H,3,19H2,1-2H3/b5-4+/t12-/m0/s1. The Labute approximate surface area is 135 Å². The summed E-state index contributed by atoms with van der Waals surface area (Å²) in [6, 6.07) is 9.00. The van der Waals surface area contributed by atoms with Gasteiger partial charge < -0.3 is 15.2 Å². The molecule has 0 aliphatic heterocycles. The third kappa shape index (κ3) is 4.76. The van der Waals surface area contributed by atoms with Gasteiger partial charge in [-0.1, -0.05) is 23.8 Å². The van der Waals surface area contributed by atoms with Gasteiger partial charge in [0, 0.05) is 24.4 Å². The van der Waals surface area contributed by atoms with Crippen LogP contribution in [0.1, 0.15) is 19.4 Å². The second-order valence-electron chi connectivity index (χ2n) is 4.78. The normalized spacial score (nSPS) is 12.4. The summed E-state index contributed by atoms with van der Waals surface area (Å²) >= 11 is 6.17. The third-order valence-corrected chi connectivity index (χ3v) is 3.08. The highest BCUT2D eigenvalue weighted by Crippen LogP contribution is 2.31. The fourth-order valence-corrected chi connectivity index (χ4v) is 1.96. The van der Waals surface area contributed by atoms with E-state index < -0.39 is 0 Å². The summed E-state index contributed by atoms with van der Waals surface area (Å²) < 4.78 is 11.1. The van der Waals surface area contributed by atoms with Gasteiger partial charge in [-0.15, -0.1) is 0 Å². The lowest BCUT2D eigenvalue weighted by atomic mass is 10.2. The second kappa shape index (κ2) is 7.82. The van der Waals surface area contributed by atoms with Gasteiger partial charge >= 0.3 is 0 Å². The van der Waals surface area contributed by atoms with Crippen LogP contribution in [0, 0.1) is 0 Å². The van der Waals surface area contributed by atoms with Crippen LogP contribution >= 0.6 is 11.6 Å². The predicted octanol–water partition coefficient (Wildman–Crippen LogP) is 4.29. The van der Waals surface area contributed by atoms with E-state index in [0.29, 0.717) is 29.0 Å². The van der Waals surface area contributed by atoms with Crippen LogP contribution in [-0.2, 0) is 0 Å². The Morgan fingerprint density at radius 2 is 2.14 bits per heavy atom. The van der Waals surface area contributed by atoms with E-state index in [0.717, 1.165) is 5.56 Å². The highest BCUT2D eigenvalue weighted by molar-refractivity contribution is 6.32. The first-order chi connectivity index (χ1) is 10.6. The van der Waals surface area contributed by atoms with Crippen LogP contribution in [-0.4, -0.2) is 17.6 Å². The number of benzene rings is 1. The first-order valence-electron chi connectivity index (χ1n) is 7.08. The Morgan fingerprint density at radius 3 is 2.73 bits per heavy atom.